The van der Waals surface area contributed by atoms with E-state index in [9.17, 15) is 0 Å². The normalized spacial score (nSPS) is 9.11. The second-order valence-electron chi connectivity index (χ2n) is 1.65. The lowest BCUT2D eigenvalue weighted by Gasteiger charge is -2.01. The SMILES string of the molecule is CCOC(=N)CCCCl. The minimum atomic E-state index is 0.346. The number of nitrogens with one attached hydrogen (secondary N) is 1. The number of hydrogen-bond acceptors (Lipinski definition) is 2. The van der Waals surface area contributed by atoms with Crippen molar-refractivity contribution in [3.8, 4) is 0 Å². The summed E-state index contributed by atoms with van der Waals surface area (Å²) < 4.78 is 4.87. The number of halogens is 1. The summed E-state index contributed by atoms with van der Waals surface area (Å²) in [4.78, 5) is 0. The van der Waals surface area contributed by atoms with Gasteiger partial charge in [0.05, 0.1) is 6.61 Å². The maximum absolute atomic E-state index is 7.11. The second kappa shape index (κ2) is 5.89. The second-order valence-corrected chi connectivity index (χ2v) is 2.03. The zero-order valence-electron chi connectivity index (χ0n) is 5.61. The van der Waals surface area contributed by atoms with Crippen LogP contribution in [0.5, 0.6) is 0 Å². The molecule has 2 nitrogen and oxygen atoms in total. The van der Waals surface area contributed by atoms with Gasteiger partial charge < -0.3 is 4.74 Å². The Bertz CT molecular complexity index is 85.1. The lowest BCUT2D eigenvalue weighted by molar-refractivity contribution is 0.313. The smallest absolute Gasteiger partial charge is 0.180 e. The van der Waals surface area contributed by atoms with Crippen LogP contribution in [0.3, 0.4) is 0 Å². The summed E-state index contributed by atoms with van der Waals surface area (Å²) in [5.74, 6) is 0.952. The fourth-order valence-corrected chi connectivity index (χ4v) is 0.607. The van der Waals surface area contributed by atoms with E-state index in [0.717, 1.165) is 6.42 Å². The molecule has 0 atom stereocenters. The molecule has 0 aromatic heterocycles. The summed E-state index contributed by atoms with van der Waals surface area (Å²) in [6, 6.07) is 0. The Morgan fingerprint density at radius 2 is 2.33 bits per heavy atom. The molecule has 0 radical (unpaired) electrons. The number of hydrogen-bond donors (Lipinski definition) is 1. The van der Waals surface area contributed by atoms with Crippen LogP contribution in [0.4, 0.5) is 0 Å². The molecule has 0 saturated carbocycles. The van der Waals surface area contributed by atoms with E-state index in [0.29, 0.717) is 24.8 Å². The van der Waals surface area contributed by atoms with Crippen LogP contribution in [0, 0.1) is 5.41 Å². The molecule has 0 saturated heterocycles. The molecule has 0 unspecified atom stereocenters. The lowest BCUT2D eigenvalue weighted by atomic mass is 10.3. The third-order valence-electron chi connectivity index (χ3n) is 0.856. The first kappa shape index (κ1) is 8.76. The summed E-state index contributed by atoms with van der Waals surface area (Å²) in [5.41, 5.74) is 0. The van der Waals surface area contributed by atoms with Gasteiger partial charge in [-0.15, -0.1) is 11.6 Å². The topological polar surface area (TPSA) is 33.1 Å². The summed E-state index contributed by atoms with van der Waals surface area (Å²) in [7, 11) is 0. The highest BCUT2D eigenvalue weighted by Crippen LogP contribution is 1.94. The minimum absolute atomic E-state index is 0.346. The van der Waals surface area contributed by atoms with Crippen molar-refractivity contribution in [2.75, 3.05) is 12.5 Å². The van der Waals surface area contributed by atoms with E-state index in [-0.39, 0.29) is 0 Å². The van der Waals surface area contributed by atoms with Gasteiger partial charge in [-0.1, -0.05) is 0 Å². The van der Waals surface area contributed by atoms with Crippen LogP contribution in [-0.2, 0) is 4.74 Å². The molecule has 0 aliphatic rings. The molecule has 0 aromatic carbocycles. The van der Waals surface area contributed by atoms with Gasteiger partial charge in [-0.25, -0.2) is 0 Å². The maximum Gasteiger partial charge on any atom is 0.180 e. The van der Waals surface area contributed by atoms with Gasteiger partial charge >= 0.3 is 0 Å². The standard InChI is InChI=1S/C6H12ClNO/c1-2-9-6(8)4-3-5-7/h8H,2-5H2,1H3. The molecule has 0 aromatic rings. The lowest BCUT2D eigenvalue weighted by Crippen LogP contribution is -2.02. The molecule has 0 spiro atoms. The molecule has 0 rings (SSSR count). The predicted molar refractivity (Wildman–Crippen MR) is 39.3 cm³/mol. The van der Waals surface area contributed by atoms with E-state index in [2.05, 4.69) is 0 Å². The zero-order valence-corrected chi connectivity index (χ0v) is 6.37. The van der Waals surface area contributed by atoms with Crippen LogP contribution in [-0.4, -0.2) is 18.4 Å². The Hall–Kier alpha value is -0.240. The molecule has 0 heterocycles. The van der Waals surface area contributed by atoms with E-state index in [1.54, 1.807) is 0 Å². The average Bonchev–Trinajstić information content (AvgIpc) is 1.85. The Labute approximate surface area is 60.7 Å². The highest BCUT2D eigenvalue weighted by atomic mass is 35.5. The van der Waals surface area contributed by atoms with Crippen LogP contribution in [0.2, 0.25) is 0 Å². The molecule has 0 bridgehead atoms. The molecule has 0 aliphatic carbocycles. The molecular weight excluding hydrogens is 138 g/mol. The van der Waals surface area contributed by atoms with Crippen LogP contribution < -0.4 is 0 Å². The fourth-order valence-electron chi connectivity index (χ4n) is 0.474. The molecule has 0 fully saturated rings. The summed E-state index contributed by atoms with van der Waals surface area (Å²) in [5, 5.41) is 7.11. The van der Waals surface area contributed by atoms with Crippen LogP contribution in [0.15, 0.2) is 0 Å². The average molecular weight is 150 g/mol. The highest BCUT2D eigenvalue weighted by molar-refractivity contribution is 6.17. The highest BCUT2D eigenvalue weighted by Gasteiger charge is 1.93. The molecule has 1 N–H and O–H groups in total. The Balaban J connectivity index is 3.06. The van der Waals surface area contributed by atoms with E-state index in [1.165, 1.54) is 0 Å². The Morgan fingerprint density at radius 3 is 2.78 bits per heavy atom. The maximum atomic E-state index is 7.11. The number of ether oxygens (including phenoxy) is 1. The molecule has 0 amide bonds. The Morgan fingerprint density at radius 1 is 1.67 bits per heavy atom. The summed E-state index contributed by atoms with van der Waals surface area (Å²) >= 11 is 5.39. The van der Waals surface area contributed by atoms with Crippen molar-refractivity contribution >= 4 is 17.5 Å². The van der Waals surface area contributed by atoms with Crippen molar-refractivity contribution < 1.29 is 4.74 Å². The van der Waals surface area contributed by atoms with Gasteiger partial charge in [-0.05, 0) is 13.3 Å². The van der Waals surface area contributed by atoms with Crippen LogP contribution in [0.1, 0.15) is 19.8 Å². The first-order valence-corrected chi connectivity index (χ1v) is 3.61. The van der Waals surface area contributed by atoms with Crippen molar-refractivity contribution in [1.29, 1.82) is 5.41 Å². The first-order chi connectivity index (χ1) is 4.31. The van der Waals surface area contributed by atoms with Crippen LogP contribution >= 0.6 is 11.6 Å². The molecule has 9 heavy (non-hydrogen) atoms. The van der Waals surface area contributed by atoms with E-state index in [1.807, 2.05) is 6.92 Å². The number of alkyl halides is 1. The van der Waals surface area contributed by atoms with Gasteiger partial charge in [0.2, 0.25) is 0 Å². The minimum Gasteiger partial charge on any atom is -0.481 e. The van der Waals surface area contributed by atoms with Crippen molar-refractivity contribution in [3.63, 3.8) is 0 Å². The monoisotopic (exact) mass is 149 g/mol. The summed E-state index contributed by atoms with van der Waals surface area (Å²) in [6.07, 6.45) is 1.50. The number of rotatable bonds is 4. The van der Waals surface area contributed by atoms with E-state index < -0.39 is 0 Å². The summed E-state index contributed by atoms with van der Waals surface area (Å²) in [6.45, 7) is 2.45. The quantitative estimate of drug-likeness (QED) is 0.370. The van der Waals surface area contributed by atoms with Gasteiger partial charge in [0.15, 0.2) is 5.90 Å². The van der Waals surface area contributed by atoms with Gasteiger partial charge in [-0.3, -0.25) is 5.41 Å². The first-order valence-electron chi connectivity index (χ1n) is 3.07. The molecule has 3 heteroatoms. The van der Waals surface area contributed by atoms with Crippen molar-refractivity contribution in [2.45, 2.75) is 19.8 Å². The third kappa shape index (κ3) is 5.63. The fraction of sp³-hybridized carbons (Fsp3) is 0.833. The molecular formula is C6H12ClNO. The molecule has 54 valence electrons. The third-order valence-corrected chi connectivity index (χ3v) is 1.12. The van der Waals surface area contributed by atoms with Crippen molar-refractivity contribution in [3.05, 3.63) is 0 Å². The van der Waals surface area contributed by atoms with Gasteiger partial charge in [0.25, 0.3) is 0 Å². The van der Waals surface area contributed by atoms with E-state index >= 15 is 0 Å². The van der Waals surface area contributed by atoms with E-state index in [4.69, 9.17) is 21.7 Å². The molecule has 0 aliphatic heterocycles. The predicted octanol–water partition coefficient (Wildman–Crippen LogP) is 2.02. The van der Waals surface area contributed by atoms with Crippen molar-refractivity contribution in [2.24, 2.45) is 0 Å². The van der Waals surface area contributed by atoms with Gasteiger partial charge in [0, 0.05) is 12.3 Å². The van der Waals surface area contributed by atoms with Crippen LogP contribution in [0.25, 0.3) is 0 Å². The van der Waals surface area contributed by atoms with Gasteiger partial charge in [-0.2, -0.15) is 0 Å². The zero-order chi connectivity index (χ0) is 7.11. The largest absolute Gasteiger partial charge is 0.481 e. The van der Waals surface area contributed by atoms with Crippen molar-refractivity contribution in [1.82, 2.24) is 0 Å². The van der Waals surface area contributed by atoms with Gasteiger partial charge in [0.1, 0.15) is 0 Å². The Kier molecular flexibility index (Phi) is 5.73.